The number of aromatic nitrogens is 5. The van der Waals surface area contributed by atoms with Crippen LogP contribution < -0.4 is 0 Å². The second kappa shape index (κ2) is 6.41. The Labute approximate surface area is 136 Å². The third kappa shape index (κ3) is 3.03. The Morgan fingerprint density at radius 1 is 1.26 bits per heavy atom. The van der Waals surface area contributed by atoms with Crippen LogP contribution in [0.4, 0.5) is 0 Å². The van der Waals surface area contributed by atoms with Crippen molar-refractivity contribution in [2.24, 2.45) is 5.92 Å². The van der Waals surface area contributed by atoms with E-state index in [1.54, 1.807) is 12.7 Å². The van der Waals surface area contributed by atoms with Crippen LogP contribution in [0.25, 0.3) is 0 Å². The molecule has 0 spiro atoms. The lowest BCUT2D eigenvalue weighted by Gasteiger charge is -2.37. The first kappa shape index (κ1) is 14.8. The number of imidazole rings is 1. The van der Waals surface area contributed by atoms with E-state index in [1.165, 1.54) is 24.4 Å². The quantitative estimate of drug-likeness (QED) is 0.851. The smallest absolute Gasteiger partial charge is 0.137 e. The number of hydrogen-bond donors (Lipinski definition) is 0. The molecule has 0 bridgehead atoms. The van der Waals surface area contributed by atoms with Crippen LogP contribution in [0.15, 0.2) is 18.9 Å². The molecule has 0 amide bonds. The molecule has 0 radical (unpaired) electrons. The van der Waals surface area contributed by atoms with Crippen LogP contribution in [0.5, 0.6) is 0 Å². The van der Waals surface area contributed by atoms with Gasteiger partial charge in [0.25, 0.3) is 0 Å². The maximum absolute atomic E-state index is 5.48. The molecule has 2 aliphatic heterocycles. The molecular formula is C16H24N6O. The van der Waals surface area contributed by atoms with Gasteiger partial charge in [-0.3, -0.25) is 4.90 Å². The molecule has 0 N–H and O–H groups in total. The normalized spacial score (nSPS) is 23.1. The van der Waals surface area contributed by atoms with E-state index in [1.807, 2.05) is 10.9 Å². The maximum atomic E-state index is 5.48. The van der Waals surface area contributed by atoms with Gasteiger partial charge in [-0.1, -0.05) is 0 Å². The predicted octanol–water partition coefficient (Wildman–Crippen LogP) is 1.33. The SMILES string of the molecule is C[C@H]1c2ncc(Cn3cncn3)n2CCN1CC1CCOCC1. The van der Waals surface area contributed by atoms with Crippen molar-refractivity contribution in [2.45, 2.75) is 38.9 Å². The van der Waals surface area contributed by atoms with Crippen LogP contribution in [0.3, 0.4) is 0 Å². The highest BCUT2D eigenvalue weighted by Crippen LogP contribution is 2.28. The Hall–Kier alpha value is -1.73. The van der Waals surface area contributed by atoms with Gasteiger partial charge in [-0.15, -0.1) is 0 Å². The molecule has 1 saturated heterocycles. The average molecular weight is 316 g/mol. The van der Waals surface area contributed by atoms with Crippen LogP contribution in [0.2, 0.25) is 0 Å². The summed E-state index contributed by atoms with van der Waals surface area (Å²) in [6.45, 7) is 8.11. The van der Waals surface area contributed by atoms with Crippen molar-refractivity contribution in [3.8, 4) is 0 Å². The Morgan fingerprint density at radius 3 is 2.91 bits per heavy atom. The van der Waals surface area contributed by atoms with Gasteiger partial charge in [-0.05, 0) is 25.7 Å². The molecule has 1 atom stereocenters. The molecule has 2 aromatic heterocycles. The second-order valence-electron chi connectivity index (χ2n) is 6.58. The summed E-state index contributed by atoms with van der Waals surface area (Å²) in [7, 11) is 0. The van der Waals surface area contributed by atoms with Crippen LogP contribution >= 0.6 is 0 Å². The van der Waals surface area contributed by atoms with Gasteiger partial charge in [0.1, 0.15) is 18.5 Å². The van der Waals surface area contributed by atoms with Gasteiger partial charge in [0.2, 0.25) is 0 Å². The van der Waals surface area contributed by atoms with Gasteiger partial charge in [-0.25, -0.2) is 14.6 Å². The Balaban J connectivity index is 1.46. The van der Waals surface area contributed by atoms with Crippen molar-refractivity contribution in [3.05, 3.63) is 30.4 Å². The van der Waals surface area contributed by atoms with Gasteiger partial charge in [0.05, 0.1) is 24.5 Å². The molecule has 4 heterocycles. The molecule has 4 rings (SSSR count). The molecule has 7 nitrogen and oxygen atoms in total. The number of rotatable bonds is 4. The van der Waals surface area contributed by atoms with E-state index in [0.29, 0.717) is 6.04 Å². The van der Waals surface area contributed by atoms with Crippen molar-refractivity contribution >= 4 is 0 Å². The average Bonchev–Trinajstić information content (AvgIpc) is 3.22. The van der Waals surface area contributed by atoms with Crippen molar-refractivity contribution < 1.29 is 4.74 Å². The van der Waals surface area contributed by atoms with Crippen molar-refractivity contribution in [2.75, 3.05) is 26.3 Å². The lowest BCUT2D eigenvalue weighted by atomic mass is 9.98. The highest BCUT2D eigenvalue weighted by atomic mass is 16.5. The predicted molar refractivity (Wildman–Crippen MR) is 84.9 cm³/mol. The molecule has 0 aliphatic carbocycles. The summed E-state index contributed by atoms with van der Waals surface area (Å²) in [5.74, 6) is 1.95. The number of fused-ring (bicyclic) bond motifs is 1. The summed E-state index contributed by atoms with van der Waals surface area (Å²) >= 11 is 0. The van der Waals surface area contributed by atoms with Gasteiger partial charge in [0.15, 0.2) is 0 Å². The van der Waals surface area contributed by atoms with E-state index >= 15 is 0 Å². The van der Waals surface area contributed by atoms with E-state index in [9.17, 15) is 0 Å². The lowest BCUT2D eigenvalue weighted by Crippen LogP contribution is -2.41. The Kier molecular flexibility index (Phi) is 4.13. The molecule has 0 unspecified atom stereocenters. The van der Waals surface area contributed by atoms with Crippen LogP contribution in [0.1, 0.15) is 37.3 Å². The largest absolute Gasteiger partial charge is 0.381 e. The van der Waals surface area contributed by atoms with Crippen molar-refractivity contribution in [3.63, 3.8) is 0 Å². The van der Waals surface area contributed by atoms with Crippen molar-refractivity contribution in [1.29, 1.82) is 0 Å². The summed E-state index contributed by atoms with van der Waals surface area (Å²) < 4.78 is 9.68. The topological polar surface area (TPSA) is 61.0 Å². The van der Waals surface area contributed by atoms with Gasteiger partial charge in [0, 0.05) is 32.8 Å². The molecule has 0 saturated carbocycles. The zero-order valence-electron chi connectivity index (χ0n) is 13.6. The Morgan fingerprint density at radius 2 is 2.13 bits per heavy atom. The van der Waals surface area contributed by atoms with Gasteiger partial charge in [-0.2, -0.15) is 5.10 Å². The fourth-order valence-electron chi connectivity index (χ4n) is 3.72. The van der Waals surface area contributed by atoms with E-state index in [4.69, 9.17) is 9.72 Å². The van der Waals surface area contributed by atoms with E-state index in [2.05, 4.69) is 26.5 Å². The Bertz CT molecular complexity index is 631. The summed E-state index contributed by atoms with van der Waals surface area (Å²) in [5.41, 5.74) is 1.21. The first-order valence-corrected chi connectivity index (χ1v) is 8.50. The van der Waals surface area contributed by atoms with E-state index in [0.717, 1.165) is 45.3 Å². The highest BCUT2D eigenvalue weighted by Gasteiger charge is 2.29. The molecule has 2 aromatic rings. The fraction of sp³-hybridized carbons (Fsp3) is 0.688. The van der Waals surface area contributed by atoms with Crippen LogP contribution in [-0.2, 0) is 17.8 Å². The maximum Gasteiger partial charge on any atom is 0.137 e. The van der Waals surface area contributed by atoms with Crippen molar-refractivity contribution in [1.82, 2.24) is 29.2 Å². The van der Waals surface area contributed by atoms with Crippen LogP contribution in [-0.4, -0.2) is 55.5 Å². The molecule has 7 heteroatoms. The fourth-order valence-corrected chi connectivity index (χ4v) is 3.72. The van der Waals surface area contributed by atoms with E-state index < -0.39 is 0 Å². The molecule has 124 valence electrons. The lowest BCUT2D eigenvalue weighted by molar-refractivity contribution is 0.0409. The highest BCUT2D eigenvalue weighted by molar-refractivity contribution is 5.11. The minimum atomic E-state index is 0.371. The zero-order valence-corrected chi connectivity index (χ0v) is 13.6. The zero-order chi connectivity index (χ0) is 15.6. The number of nitrogens with zero attached hydrogens (tertiary/aromatic N) is 6. The molecule has 1 fully saturated rings. The summed E-state index contributed by atoms with van der Waals surface area (Å²) in [5, 5.41) is 4.19. The number of ether oxygens (including phenoxy) is 1. The first-order valence-electron chi connectivity index (χ1n) is 8.50. The molecule has 23 heavy (non-hydrogen) atoms. The third-order valence-corrected chi connectivity index (χ3v) is 5.13. The summed E-state index contributed by atoms with van der Waals surface area (Å²) in [6, 6.07) is 0.371. The summed E-state index contributed by atoms with van der Waals surface area (Å²) in [4.78, 5) is 11.3. The second-order valence-corrected chi connectivity index (χ2v) is 6.58. The molecule has 0 aromatic carbocycles. The summed E-state index contributed by atoms with van der Waals surface area (Å²) in [6.07, 6.45) is 7.70. The van der Waals surface area contributed by atoms with Gasteiger partial charge < -0.3 is 9.30 Å². The minimum absolute atomic E-state index is 0.371. The standard InChI is InChI=1S/C16H24N6O/c1-13-16-18-8-15(10-21-12-17-11-19-21)22(16)5-4-20(13)9-14-2-6-23-7-3-14/h8,11-14H,2-7,9-10H2,1H3/t13-/m0/s1. The third-order valence-electron chi connectivity index (χ3n) is 5.13. The molecular weight excluding hydrogens is 292 g/mol. The first-order chi connectivity index (χ1) is 11.3. The van der Waals surface area contributed by atoms with Crippen LogP contribution in [0, 0.1) is 5.92 Å². The monoisotopic (exact) mass is 316 g/mol. The minimum Gasteiger partial charge on any atom is -0.381 e. The van der Waals surface area contributed by atoms with E-state index in [-0.39, 0.29) is 0 Å². The van der Waals surface area contributed by atoms with Gasteiger partial charge >= 0.3 is 0 Å². The molecule has 2 aliphatic rings. The number of hydrogen-bond acceptors (Lipinski definition) is 5.